The van der Waals surface area contributed by atoms with E-state index in [1.807, 2.05) is 13.8 Å². The number of carbonyl (C=O) groups is 1. The molecule has 0 saturated heterocycles. The van der Waals surface area contributed by atoms with E-state index in [1.165, 1.54) is 6.92 Å². The van der Waals surface area contributed by atoms with Crippen LogP contribution in [0.25, 0.3) is 0 Å². The van der Waals surface area contributed by atoms with Crippen molar-refractivity contribution in [1.29, 1.82) is 0 Å². The summed E-state index contributed by atoms with van der Waals surface area (Å²) in [5, 5.41) is 15.7. The lowest BCUT2D eigenvalue weighted by Crippen LogP contribution is -2.49. The van der Waals surface area contributed by atoms with Crippen molar-refractivity contribution in [2.75, 3.05) is 13.1 Å². The van der Waals surface area contributed by atoms with Crippen molar-refractivity contribution < 1.29 is 23.2 Å². The van der Waals surface area contributed by atoms with Gasteiger partial charge in [0.15, 0.2) is 5.84 Å². The van der Waals surface area contributed by atoms with Crippen molar-refractivity contribution in [3.8, 4) is 0 Å². The summed E-state index contributed by atoms with van der Waals surface area (Å²) in [5.41, 5.74) is 5.00. The number of carbonyl (C=O) groups excluding carboxylic acids is 1. The zero-order valence-corrected chi connectivity index (χ0v) is 11.7. The van der Waals surface area contributed by atoms with Crippen molar-refractivity contribution in [3.63, 3.8) is 0 Å². The third-order valence-electron chi connectivity index (χ3n) is 2.57. The van der Waals surface area contributed by atoms with Crippen LogP contribution in [0.1, 0.15) is 20.8 Å². The zero-order chi connectivity index (χ0) is 15.9. The molecule has 20 heavy (non-hydrogen) atoms. The summed E-state index contributed by atoms with van der Waals surface area (Å²) in [6, 6.07) is -0.815. The number of nitrogens with two attached hydrogens (primary N) is 1. The molecule has 0 aromatic heterocycles. The standard InChI is InChI=1S/C11H21F3N4O2/c1-6(2)4-17-10(19)7(3)16-5-8(9(15)18-20)11(12,13)14/h6-8,16,20H,4-5H2,1-3H3,(H2,15,18)(H,17,19). The molecule has 0 saturated carbocycles. The first kappa shape index (κ1) is 18.5. The molecule has 2 unspecified atom stereocenters. The minimum absolute atomic E-state index is 0.242. The highest BCUT2D eigenvalue weighted by Crippen LogP contribution is 2.25. The van der Waals surface area contributed by atoms with Gasteiger partial charge in [0.1, 0.15) is 5.92 Å². The van der Waals surface area contributed by atoms with Crippen LogP contribution in [0, 0.1) is 11.8 Å². The van der Waals surface area contributed by atoms with Crippen molar-refractivity contribution >= 4 is 11.7 Å². The summed E-state index contributed by atoms with van der Waals surface area (Å²) in [4.78, 5) is 11.6. The highest BCUT2D eigenvalue weighted by molar-refractivity contribution is 5.84. The quantitative estimate of drug-likeness (QED) is 0.240. The Bertz CT molecular complexity index is 345. The molecule has 0 aliphatic heterocycles. The number of halogens is 3. The number of rotatable bonds is 7. The maximum atomic E-state index is 12.7. The third-order valence-corrected chi connectivity index (χ3v) is 2.57. The fourth-order valence-corrected chi connectivity index (χ4v) is 1.30. The first-order valence-electron chi connectivity index (χ1n) is 6.14. The Balaban J connectivity index is 4.45. The molecule has 0 rings (SSSR count). The molecule has 9 heteroatoms. The fourth-order valence-electron chi connectivity index (χ4n) is 1.30. The minimum atomic E-state index is -4.66. The van der Waals surface area contributed by atoms with Gasteiger partial charge in [0.25, 0.3) is 0 Å². The second-order valence-corrected chi connectivity index (χ2v) is 4.89. The molecule has 0 aromatic carbocycles. The molecular weight excluding hydrogens is 277 g/mol. The highest BCUT2D eigenvalue weighted by atomic mass is 19.4. The predicted molar refractivity (Wildman–Crippen MR) is 68.3 cm³/mol. The van der Waals surface area contributed by atoms with Gasteiger partial charge in [-0.3, -0.25) is 4.79 Å². The van der Waals surface area contributed by atoms with Crippen LogP contribution in [0.4, 0.5) is 13.2 Å². The van der Waals surface area contributed by atoms with Gasteiger partial charge in [-0.25, -0.2) is 0 Å². The Morgan fingerprint density at radius 1 is 1.30 bits per heavy atom. The number of hydrogen-bond acceptors (Lipinski definition) is 4. The van der Waals surface area contributed by atoms with E-state index in [-0.39, 0.29) is 5.92 Å². The number of amidine groups is 1. The molecule has 6 nitrogen and oxygen atoms in total. The van der Waals surface area contributed by atoms with Crippen LogP contribution in [0.3, 0.4) is 0 Å². The van der Waals surface area contributed by atoms with Crippen molar-refractivity contribution in [2.24, 2.45) is 22.7 Å². The number of hydrogen-bond donors (Lipinski definition) is 4. The molecule has 0 bridgehead atoms. The van der Waals surface area contributed by atoms with Crippen LogP contribution in [0.5, 0.6) is 0 Å². The molecule has 0 radical (unpaired) electrons. The van der Waals surface area contributed by atoms with Crippen molar-refractivity contribution in [1.82, 2.24) is 10.6 Å². The van der Waals surface area contributed by atoms with E-state index >= 15 is 0 Å². The van der Waals surface area contributed by atoms with E-state index < -0.39 is 36.4 Å². The maximum absolute atomic E-state index is 12.7. The molecule has 0 fully saturated rings. The highest BCUT2D eigenvalue weighted by Gasteiger charge is 2.42. The van der Waals surface area contributed by atoms with Gasteiger partial charge in [0.05, 0.1) is 6.04 Å². The number of alkyl halides is 3. The first-order chi connectivity index (χ1) is 9.09. The lowest BCUT2D eigenvalue weighted by atomic mass is 10.1. The number of oxime groups is 1. The van der Waals surface area contributed by atoms with Gasteiger partial charge >= 0.3 is 6.18 Å². The smallest absolute Gasteiger partial charge is 0.400 e. The SMILES string of the molecule is CC(C)CNC(=O)C(C)NCC(C(N)=NO)C(F)(F)F. The topological polar surface area (TPSA) is 99.7 Å². The minimum Gasteiger partial charge on any atom is -0.409 e. The Labute approximate surface area is 115 Å². The van der Waals surface area contributed by atoms with Crippen LogP contribution >= 0.6 is 0 Å². The van der Waals surface area contributed by atoms with Gasteiger partial charge in [-0.05, 0) is 12.8 Å². The summed E-state index contributed by atoms with van der Waals surface area (Å²) in [5.74, 6) is -3.25. The molecule has 0 spiro atoms. The van der Waals surface area contributed by atoms with Gasteiger partial charge < -0.3 is 21.6 Å². The second-order valence-electron chi connectivity index (χ2n) is 4.89. The Hall–Kier alpha value is -1.51. The first-order valence-corrected chi connectivity index (χ1v) is 6.14. The lowest BCUT2D eigenvalue weighted by Gasteiger charge is -2.22. The largest absolute Gasteiger partial charge is 0.409 e. The molecule has 2 atom stereocenters. The third kappa shape index (κ3) is 6.60. The maximum Gasteiger partial charge on any atom is 0.400 e. The van der Waals surface area contributed by atoms with Crippen LogP contribution in [0.2, 0.25) is 0 Å². The molecule has 0 aliphatic rings. The zero-order valence-electron chi connectivity index (χ0n) is 11.7. The van der Waals surface area contributed by atoms with Gasteiger partial charge in [-0.2, -0.15) is 13.2 Å². The van der Waals surface area contributed by atoms with E-state index in [1.54, 1.807) is 0 Å². The van der Waals surface area contributed by atoms with Gasteiger partial charge in [0.2, 0.25) is 5.91 Å². The molecule has 0 aliphatic carbocycles. The summed E-state index contributed by atoms with van der Waals surface area (Å²) < 4.78 is 38.0. The van der Waals surface area contributed by atoms with E-state index in [0.29, 0.717) is 6.54 Å². The summed E-state index contributed by atoms with van der Waals surface area (Å²) >= 11 is 0. The van der Waals surface area contributed by atoms with Gasteiger partial charge in [0, 0.05) is 13.1 Å². The Morgan fingerprint density at radius 2 is 1.85 bits per heavy atom. The van der Waals surface area contributed by atoms with Crippen molar-refractivity contribution in [2.45, 2.75) is 33.0 Å². The normalized spacial score (nSPS) is 16.1. The molecule has 1 amide bonds. The van der Waals surface area contributed by atoms with E-state index in [4.69, 9.17) is 10.9 Å². The molecule has 5 N–H and O–H groups in total. The second kappa shape index (κ2) is 7.93. The Kier molecular flexibility index (Phi) is 7.33. The average Bonchev–Trinajstić information content (AvgIpc) is 2.33. The molecule has 118 valence electrons. The summed E-state index contributed by atoms with van der Waals surface area (Å²) in [7, 11) is 0. The van der Waals surface area contributed by atoms with Crippen molar-refractivity contribution in [3.05, 3.63) is 0 Å². The molecule has 0 aromatic rings. The van der Waals surface area contributed by atoms with Crippen LogP contribution < -0.4 is 16.4 Å². The molecule has 0 heterocycles. The van der Waals surface area contributed by atoms with E-state index in [2.05, 4.69) is 15.8 Å². The van der Waals surface area contributed by atoms with Gasteiger partial charge in [-0.15, -0.1) is 0 Å². The van der Waals surface area contributed by atoms with E-state index in [9.17, 15) is 18.0 Å². The van der Waals surface area contributed by atoms with Crippen LogP contribution in [0.15, 0.2) is 5.16 Å². The summed E-state index contributed by atoms with van der Waals surface area (Å²) in [6.45, 7) is 5.03. The molecular formula is C11H21F3N4O2. The van der Waals surface area contributed by atoms with Crippen LogP contribution in [-0.4, -0.2) is 42.3 Å². The monoisotopic (exact) mass is 298 g/mol. The van der Waals surface area contributed by atoms with E-state index in [0.717, 1.165) is 0 Å². The Morgan fingerprint density at radius 3 is 2.25 bits per heavy atom. The fraction of sp³-hybridized carbons (Fsp3) is 0.818. The van der Waals surface area contributed by atoms with Crippen LogP contribution in [-0.2, 0) is 4.79 Å². The number of nitrogens with one attached hydrogen (secondary N) is 2. The summed E-state index contributed by atoms with van der Waals surface area (Å²) in [6.07, 6.45) is -4.66. The number of nitrogens with zero attached hydrogens (tertiary/aromatic N) is 1. The predicted octanol–water partition coefficient (Wildman–Crippen LogP) is 0.662. The van der Waals surface area contributed by atoms with Gasteiger partial charge in [-0.1, -0.05) is 19.0 Å². The lowest BCUT2D eigenvalue weighted by molar-refractivity contribution is -0.155. The average molecular weight is 298 g/mol. The number of amides is 1.